The molecule has 1 atom stereocenters. The number of hydrogen-bond donors (Lipinski definition) is 0. The first-order chi connectivity index (χ1) is 15.5. The topological polar surface area (TPSA) is 25.4 Å². The molecule has 0 saturated heterocycles. The molecular weight excluding hydrogens is 459 g/mol. The predicted octanol–water partition coefficient (Wildman–Crippen LogP) is 8.18. The Morgan fingerprint density at radius 2 is 1.81 bits per heavy atom. The molecule has 0 aliphatic carbocycles. The number of rotatable bonds is 8. The zero-order valence-electron chi connectivity index (χ0n) is 18.4. The third kappa shape index (κ3) is 4.79. The lowest BCUT2D eigenvalue weighted by molar-refractivity contribution is 0.177. The molecule has 32 heavy (non-hydrogen) atoms. The number of nitrogens with zero attached hydrogens (tertiary/aromatic N) is 2. The summed E-state index contributed by atoms with van der Waals surface area (Å²) in [7, 11) is 1.75. The molecule has 4 rings (SSSR count). The third-order valence-corrected chi connectivity index (χ3v) is 7.10. The quantitative estimate of drug-likeness (QED) is 0.252. The standard InChI is InChI=1S/C26H26Cl2N2OS/c1-4-13-30(24(16-31-3)20-10-9-18-7-5-6-8-19(18)14-20)26-29-25(17(2)32-26)22-12-11-21(27)15-23(22)28/h5-12,14-15,24H,4,13,16H2,1-3H3. The van der Waals surface area contributed by atoms with Crippen LogP contribution in [0, 0.1) is 6.92 Å². The van der Waals surface area contributed by atoms with Gasteiger partial charge in [0.15, 0.2) is 5.13 Å². The van der Waals surface area contributed by atoms with E-state index in [-0.39, 0.29) is 6.04 Å². The summed E-state index contributed by atoms with van der Waals surface area (Å²) in [6.07, 6.45) is 1.00. The normalized spacial score (nSPS) is 12.3. The SMILES string of the molecule is CCCN(c1nc(-c2ccc(Cl)cc2Cl)c(C)s1)C(COC)c1ccc2ccccc2c1. The maximum Gasteiger partial charge on any atom is 0.186 e. The Kier molecular flexibility index (Phi) is 7.37. The number of hydrogen-bond acceptors (Lipinski definition) is 4. The van der Waals surface area contributed by atoms with Crippen molar-refractivity contribution in [1.82, 2.24) is 4.98 Å². The fourth-order valence-corrected chi connectivity index (χ4v) is 5.50. The minimum absolute atomic E-state index is 0.0589. The Bertz CT molecular complexity index is 1220. The smallest absolute Gasteiger partial charge is 0.186 e. The van der Waals surface area contributed by atoms with E-state index in [2.05, 4.69) is 61.2 Å². The first kappa shape index (κ1) is 23.1. The van der Waals surface area contributed by atoms with Gasteiger partial charge in [-0.2, -0.15) is 0 Å². The molecule has 1 aromatic heterocycles. The van der Waals surface area contributed by atoms with Crippen LogP contribution in [0.2, 0.25) is 10.0 Å². The lowest BCUT2D eigenvalue weighted by atomic mass is 10.0. The number of fused-ring (bicyclic) bond motifs is 1. The molecule has 0 amide bonds. The van der Waals surface area contributed by atoms with Crippen molar-refractivity contribution in [2.45, 2.75) is 26.3 Å². The van der Waals surface area contributed by atoms with Crippen LogP contribution >= 0.6 is 34.5 Å². The first-order valence-electron chi connectivity index (χ1n) is 10.7. The molecule has 0 N–H and O–H groups in total. The summed E-state index contributed by atoms with van der Waals surface area (Å²) in [6.45, 7) is 5.73. The van der Waals surface area contributed by atoms with Crippen molar-refractivity contribution in [3.05, 3.63) is 81.1 Å². The van der Waals surface area contributed by atoms with Gasteiger partial charge in [0.05, 0.1) is 23.4 Å². The van der Waals surface area contributed by atoms with Crippen molar-refractivity contribution in [1.29, 1.82) is 0 Å². The molecule has 0 bridgehead atoms. The second kappa shape index (κ2) is 10.2. The van der Waals surface area contributed by atoms with Crippen molar-refractivity contribution >= 4 is 50.4 Å². The number of anilines is 1. The van der Waals surface area contributed by atoms with Gasteiger partial charge in [-0.05, 0) is 53.9 Å². The van der Waals surface area contributed by atoms with Gasteiger partial charge in [-0.3, -0.25) is 0 Å². The molecule has 0 fully saturated rings. The monoisotopic (exact) mass is 484 g/mol. The van der Waals surface area contributed by atoms with Crippen LogP contribution in [0.25, 0.3) is 22.0 Å². The van der Waals surface area contributed by atoms with Crippen LogP contribution in [0.4, 0.5) is 5.13 Å². The highest BCUT2D eigenvalue weighted by atomic mass is 35.5. The van der Waals surface area contributed by atoms with Gasteiger partial charge in [0.2, 0.25) is 0 Å². The van der Waals surface area contributed by atoms with Gasteiger partial charge < -0.3 is 9.64 Å². The minimum Gasteiger partial charge on any atom is -0.382 e. The van der Waals surface area contributed by atoms with E-state index >= 15 is 0 Å². The van der Waals surface area contributed by atoms with Crippen molar-refractivity contribution in [3.63, 3.8) is 0 Å². The fourth-order valence-electron chi connectivity index (χ4n) is 4.00. The summed E-state index contributed by atoms with van der Waals surface area (Å²) < 4.78 is 5.67. The minimum atomic E-state index is 0.0589. The van der Waals surface area contributed by atoms with Gasteiger partial charge in [0.25, 0.3) is 0 Å². The van der Waals surface area contributed by atoms with E-state index in [4.69, 9.17) is 32.9 Å². The fraction of sp³-hybridized carbons (Fsp3) is 0.269. The van der Waals surface area contributed by atoms with E-state index in [0.29, 0.717) is 16.7 Å². The van der Waals surface area contributed by atoms with Gasteiger partial charge in [0, 0.05) is 29.1 Å². The van der Waals surface area contributed by atoms with Gasteiger partial charge >= 0.3 is 0 Å². The molecule has 1 heterocycles. The average molecular weight is 485 g/mol. The van der Waals surface area contributed by atoms with E-state index in [1.54, 1.807) is 24.5 Å². The van der Waals surface area contributed by atoms with Crippen LogP contribution in [0.3, 0.4) is 0 Å². The molecule has 0 aliphatic heterocycles. The maximum atomic E-state index is 6.50. The lowest BCUT2D eigenvalue weighted by Crippen LogP contribution is -2.32. The Morgan fingerprint density at radius 3 is 2.53 bits per heavy atom. The number of halogens is 2. The third-order valence-electron chi connectivity index (χ3n) is 5.54. The first-order valence-corrected chi connectivity index (χ1v) is 12.3. The average Bonchev–Trinajstić information content (AvgIpc) is 3.17. The lowest BCUT2D eigenvalue weighted by Gasteiger charge is -2.31. The molecule has 1 unspecified atom stereocenters. The van der Waals surface area contributed by atoms with Gasteiger partial charge in [-0.1, -0.05) is 66.5 Å². The largest absolute Gasteiger partial charge is 0.382 e. The van der Waals surface area contributed by atoms with Crippen molar-refractivity contribution < 1.29 is 4.74 Å². The number of aromatic nitrogens is 1. The molecule has 3 nitrogen and oxygen atoms in total. The zero-order chi connectivity index (χ0) is 22.7. The van der Waals surface area contributed by atoms with Crippen LogP contribution in [-0.2, 0) is 4.74 Å². The number of thiazole rings is 1. The summed E-state index contributed by atoms with van der Waals surface area (Å²) in [5.41, 5.74) is 3.03. The molecule has 0 saturated carbocycles. The molecule has 0 aliphatic rings. The zero-order valence-corrected chi connectivity index (χ0v) is 20.8. The highest BCUT2D eigenvalue weighted by Gasteiger charge is 2.25. The van der Waals surface area contributed by atoms with Crippen LogP contribution < -0.4 is 4.90 Å². The van der Waals surface area contributed by atoms with Crippen molar-refractivity contribution in [2.75, 3.05) is 25.2 Å². The van der Waals surface area contributed by atoms with E-state index in [0.717, 1.165) is 34.2 Å². The molecule has 0 spiro atoms. The molecule has 3 aromatic carbocycles. The highest BCUT2D eigenvalue weighted by Crippen LogP contribution is 2.39. The number of methoxy groups -OCH3 is 1. The predicted molar refractivity (Wildman–Crippen MR) is 139 cm³/mol. The summed E-state index contributed by atoms with van der Waals surface area (Å²) in [4.78, 5) is 8.53. The van der Waals surface area contributed by atoms with Crippen molar-refractivity contribution in [2.24, 2.45) is 0 Å². The number of ether oxygens (including phenoxy) is 1. The van der Waals surface area contributed by atoms with Gasteiger partial charge in [-0.15, -0.1) is 11.3 Å². The Morgan fingerprint density at radius 1 is 1.03 bits per heavy atom. The second-order valence-corrected chi connectivity index (χ2v) is 9.82. The Labute approximate surface area is 203 Å². The molecule has 6 heteroatoms. The van der Waals surface area contributed by atoms with Crippen LogP contribution in [0.1, 0.15) is 29.8 Å². The van der Waals surface area contributed by atoms with Crippen LogP contribution in [0.15, 0.2) is 60.7 Å². The Hall–Kier alpha value is -2.11. The van der Waals surface area contributed by atoms with Crippen LogP contribution in [-0.4, -0.2) is 25.2 Å². The molecule has 0 radical (unpaired) electrons. The number of aryl methyl sites for hydroxylation is 1. The van der Waals surface area contributed by atoms with E-state index < -0.39 is 0 Å². The maximum absolute atomic E-state index is 6.50. The summed E-state index contributed by atoms with van der Waals surface area (Å²) >= 11 is 14.3. The second-order valence-electron chi connectivity index (χ2n) is 7.80. The summed E-state index contributed by atoms with van der Waals surface area (Å²) in [5.74, 6) is 0. The summed E-state index contributed by atoms with van der Waals surface area (Å²) in [6, 6.07) is 20.7. The molecule has 166 valence electrons. The molecular formula is C26H26Cl2N2OS. The summed E-state index contributed by atoms with van der Waals surface area (Å²) in [5, 5.41) is 4.67. The van der Waals surface area contributed by atoms with E-state index in [1.807, 2.05) is 12.1 Å². The van der Waals surface area contributed by atoms with E-state index in [9.17, 15) is 0 Å². The van der Waals surface area contributed by atoms with Crippen molar-refractivity contribution in [3.8, 4) is 11.3 Å². The highest BCUT2D eigenvalue weighted by molar-refractivity contribution is 7.16. The number of benzene rings is 3. The van der Waals surface area contributed by atoms with Crippen LogP contribution in [0.5, 0.6) is 0 Å². The van der Waals surface area contributed by atoms with Gasteiger partial charge in [-0.25, -0.2) is 4.98 Å². The Balaban J connectivity index is 1.76. The molecule has 4 aromatic rings. The van der Waals surface area contributed by atoms with E-state index in [1.165, 1.54) is 16.3 Å². The van der Waals surface area contributed by atoms with Gasteiger partial charge in [0.1, 0.15) is 0 Å².